The number of rotatable bonds is 4. The number of amides is 1. The summed E-state index contributed by atoms with van der Waals surface area (Å²) in [5.41, 5.74) is 0.456. The molecule has 0 unspecified atom stereocenters. The van der Waals surface area contributed by atoms with E-state index in [1.54, 1.807) is 28.6 Å². The summed E-state index contributed by atoms with van der Waals surface area (Å²) in [6.07, 6.45) is 2.95. The Bertz CT molecular complexity index is 639. The van der Waals surface area contributed by atoms with Crippen LogP contribution in [0.5, 0.6) is 0 Å². The highest BCUT2D eigenvalue weighted by atomic mass is 32.2. The summed E-state index contributed by atoms with van der Waals surface area (Å²) in [5, 5.41) is 2.86. The summed E-state index contributed by atoms with van der Waals surface area (Å²) in [6.45, 7) is 7.18. The first-order valence-electron chi connectivity index (χ1n) is 8.09. The molecule has 1 saturated heterocycles. The molecular weight excluding hydrogens is 312 g/mol. The number of hydrogen-bond donors (Lipinski definition) is 1. The van der Waals surface area contributed by atoms with Gasteiger partial charge in [0.25, 0.3) is 0 Å². The fraction of sp³-hybridized carbons (Fsp3) is 0.588. The Labute approximate surface area is 139 Å². The third kappa shape index (κ3) is 4.54. The van der Waals surface area contributed by atoms with E-state index in [0.29, 0.717) is 24.5 Å². The summed E-state index contributed by atoms with van der Waals surface area (Å²) in [4.78, 5) is 12.2. The molecule has 0 radical (unpaired) electrons. The van der Waals surface area contributed by atoms with Crippen molar-refractivity contribution >= 4 is 15.9 Å². The van der Waals surface area contributed by atoms with Gasteiger partial charge in [0, 0.05) is 25.0 Å². The zero-order valence-electron chi connectivity index (χ0n) is 14.1. The molecule has 0 aliphatic carbocycles. The number of carbonyl (C=O) groups is 1. The maximum Gasteiger partial charge on any atom is 0.243 e. The SMILES string of the molecule is CC(C)(C)C(=O)NCc1ccc(S(=O)(=O)N2CCCCC2)cc1. The lowest BCUT2D eigenvalue weighted by Gasteiger charge is -2.25. The molecule has 1 aromatic rings. The summed E-state index contributed by atoms with van der Waals surface area (Å²) in [6, 6.07) is 6.78. The second-order valence-corrected chi connectivity index (χ2v) is 8.98. The van der Waals surface area contributed by atoms with Gasteiger partial charge in [-0.15, -0.1) is 0 Å². The molecule has 1 aliphatic rings. The van der Waals surface area contributed by atoms with Gasteiger partial charge >= 0.3 is 0 Å². The van der Waals surface area contributed by atoms with Gasteiger partial charge in [-0.05, 0) is 30.5 Å². The van der Waals surface area contributed by atoms with Crippen molar-refractivity contribution in [2.45, 2.75) is 51.5 Å². The summed E-state index contributed by atoms with van der Waals surface area (Å²) in [7, 11) is -3.39. The van der Waals surface area contributed by atoms with Crippen molar-refractivity contribution < 1.29 is 13.2 Å². The molecule has 23 heavy (non-hydrogen) atoms. The van der Waals surface area contributed by atoms with Crippen LogP contribution in [0.3, 0.4) is 0 Å². The molecule has 5 nitrogen and oxygen atoms in total. The van der Waals surface area contributed by atoms with Crippen molar-refractivity contribution in [2.75, 3.05) is 13.1 Å². The molecule has 1 fully saturated rings. The molecule has 0 atom stereocenters. The third-order valence-electron chi connectivity index (χ3n) is 4.01. The lowest BCUT2D eigenvalue weighted by molar-refractivity contribution is -0.128. The van der Waals surface area contributed by atoms with Crippen molar-refractivity contribution in [1.82, 2.24) is 9.62 Å². The Balaban J connectivity index is 2.03. The number of carbonyl (C=O) groups excluding carboxylic acids is 1. The van der Waals surface area contributed by atoms with E-state index in [4.69, 9.17) is 0 Å². The van der Waals surface area contributed by atoms with Crippen molar-refractivity contribution in [2.24, 2.45) is 5.41 Å². The van der Waals surface area contributed by atoms with Crippen LogP contribution in [0.1, 0.15) is 45.6 Å². The zero-order chi connectivity index (χ0) is 17.1. The fourth-order valence-electron chi connectivity index (χ4n) is 2.48. The monoisotopic (exact) mass is 338 g/mol. The number of piperidine rings is 1. The van der Waals surface area contributed by atoms with Crippen LogP contribution in [0, 0.1) is 5.41 Å². The molecule has 1 amide bonds. The highest BCUT2D eigenvalue weighted by Gasteiger charge is 2.25. The van der Waals surface area contributed by atoms with Gasteiger partial charge in [-0.25, -0.2) is 8.42 Å². The predicted molar refractivity (Wildman–Crippen MR) is 90.4 cm³/mol. The summed E-state index contributed by atoms with van der Waals surface area (Å²) >= 11 is 0. The molecule has 2 rings (SSSR count). The number of benzene rings is 1. The summed E-state index contributed by atoms with van der Waals surface area (Å²) < 4.78 is 26.7. The smallest absolute Gasteiger partial charge is 0.243 e. The molecule has 0 bridgehead atoms. The standard InChI is InChI=1S/C17H26N2O3S/c1-17(2,3)16(20)18-13-14-7-9-15(10-8-14)23(21,22)19-11-5-4-6-12-19/h7-10H,4-6,11-13H2,1-3H3,(H,18,20). The maximum absolute atomic E-state index is 12.6. The average molecular weight is 338 g/mol. The van der Waals surface area contributed by atoms with Gasteiger partial charge in [0.15, 0.2) is 0 Å². The Morgan fingerprint density at radius 2 is 1.65 bits per heavy atom. The van der Waals surface area contributed by atoms with Gasteiger partial charge in [-0.1, -0.05) is 39.3 Å². The lowest BCUT2D eigenvalue weighted by Crippen LogP contribution is -2.35. The van der Waals surface area contributed by atoms with Crippen LogP contribution in [-0.2, 0) is 21.4 Å². The van der Waals surface area contributed by atoms with E-state index in [2.05, 4.69) is 5.32 Å². The molecule has 1 heterocycles. The van der Waals surface area contributed by atoms with E-state index in [9.17, 15) is 13.2 Å². The van der Waals surface area contributed by atoms with Crippen LogP contribution in [0.2, 0.25) is 0 Å². The Morgan fingerprint density at radius 3 is 2.17 bits per heavy atom. The van der Waals surface area contributed by atoms with E-state index < -0.39 is 15.4 Å². The first kappa shape index (κ1) is 17.9. The maximum atomic E-state index is 12.6. The van der Waals surface area contributed by atoms with E-state index >= 15 is 0 Å². The van der Waals surface area contributed by atoms with Crippen molar-refractivity contribution in [3.63, 3.8) is 0 Å². The fourth-order valence-corrected chi connectivity index (χ4v) is 4.00. The zero-order valence-corrected chi connectivity index (χ0v) is 14.9. The quantitative estimate of drug-likeness (QED) is 0.917. The average Bonchev–Trinajstić information content (AvgIpc) is 2.53. The van der Waals surface area contributed by atoms with Crippen LogP contribution in [0.25, 0.3) is 0 Å². The normalized spacial score (nSPS) is 17.0. The van der Waals surface area contributed by atoms with E-state index in [0.717, 1.165) is 24.8 Å². The van der Waals surface area contributed by atoms with E-state index in [-0.39, 0.29) is 5.91 Å². The van der Waals surface area contributed by atoms with E-state index in [1.807, 2.05) is 20.8 Å². The van der Waals surface area contributed by atoms with Gasteiger partial charge in [0.1, 0.15) is 0 Å². The Kier molecular flexibility index (Phi) is 5.47. The van der Waals surface area contributed by atoms with Crippen molar-refractivity contribution in [1.29, 1.82) is 0 Å². The predicted octanol–water partition coefficient (Wildman–Crippen LogP) is 2.52. The van der Waals surface area contributed by atoms with Gasteiger partial charge in [0.05, 0.1) is 4.90 Å². The van der Waals surface area contributed by atoms with Crippen molar-refractivity contribution in [3.8, 4) is 0 Å². The molecule has 0 saturated carbocycles. The third-order valence-corrected chi connectivity index (χ3v) is 5.92. The first-order valence-corrected chi connectivity index (χ1v) is 9.53. The Morgan fingerprint density at radius 1 is 1.09 bits per heavy atom. The topological polar surface area (TPSA) is 66.5 Å². The minimum Gasteiger partial charge on any atom is -0.352 e. The molecule has 0 spiro atoms. The van der Waals surface area contributed by atoms with Crippen LogP contribution in [0.15, 0.2) is 29.2 Å². The number of sulfonamides is 1. The minimum atomic E-state index is -3.39. The van der Waals surface area contributed by atoms with Crippen LogP contribution >= 0.6 is 0 Å². The lowest BCUT2D eigenvalue weighted by atomic mass is 9.95. The Hall–Kier alpha value is -1.40. The highest BCUT2D eigenvalue weighted by Crippen LogP contribution is 2.21. The van der Waals surface area contributed by atoms with Crippen molar-refractivity contribution in [3.05, 3.63) is 29.8 Å². The summed E-state index contributed by atoms with van der Waals surface area (Å²) in [5.74, 6) is -0.0254. The van der Waals surface area contributed by atoms with Gasteiger partial charge in [0.2, 0.25) is 15.9 Å². The highest BCUT2D eigenvalue weighted by molar-refractivity contribution is 7.89. The van der Waals surface area contributed by atoms with Crippen LogP contribution < -0.4 is 5.32 Å². The van der Waals surface area contributed by atoms with Crippen LogP contribution in [-0.4, -0.2) is 31.7 Å². The van der Waals surface area contributed by atoms with Gasteiger partial charge < -0.3 is 5.32 Å². The molecule has 1 aromatic carbocycles. The second-order valence-electron chi connectivity index (χ2n) is 7.04. The molecule has 1 aliphatic heterocycles. The minimum absolute atomic E-state index is 0.0254. The molecular formula is C17H26N2O3S. The largest absolute Gasteiger partial charge is 0.352 e. The number of nitrogens with zero attached hydrogens (tertiary/aromatic N) is 1. The first-order chi connectivity index (χ1) is 10.7. The number of hydrogen-bond acceptors (Lipinski definition) is 3. The van der Waals surface area contributed by atoms with E-state index in [1.165, 1.54) is 0 Å². The van der Waals surface area contributed by atoms with Crippen LogP contribution in [0.4, 0.5) is 0 Å². The number of nitrogens with one attached hydrogen (secondary N) is 1. The van der Waals surface area contributed by atoms with Gasteiger partial charge in [-0.2, -0.15) is 4.31 Å². The second kappa shape index (κ2) is 7.01. The molecule has 6 heteroatoms. The van der Waals surface area contributed by atoms with Gasteiger partial charge in [-0.3, -0.25) is 4.79 Å². The molecule has 128 valence electrons. The molecule has 0 aromatic heterocycles. The molecule has 1 N–H and O–H groups in total.